The van der Waals surface area contributed by atoms with E-state index in [9.17, 15) is 4.79 Å². The first-order chi connectivity index (χ1) is 8.13. The van der Waals surface area contributed by atoms with E-state index in [1.54, 1.807) is 11.9 Å². The van der Waals surface area contributed by atoms with Crippen LogP contribution in [0.2, 0.25) is 0 Å². The molecule has 0 spiro atoms. The highest BCUT2D eigenvalue weighted by atomic mass is 16.5. The fraction of sp³-hybridized carbons (Fsp3) is 0.462. The molecule has 1 N–H and O–H groups in total. The van der Waals surface area contributed by atoms with Crippen LogP contribution in [0.4, 0.5) is 5.69 Å². The van der Waals surface area contributed by atoms with Gasteiger partial charge in [-0.25, -0.2) is 0 Å². The fourth-order valence-electron chi connectivity index (χ4n) is 2.02. The van der Waals surface area contributed by atoms with Gasteiger partial charge >= 0.3 is 0 Å². The average molecular weight is 234 g/mol. The molecule has 1 heterocycles. The maximum Gasteiger partial charge on any atom is 0.264 e. The second-order valence-corrected chi connectivity index (χ2v) is 4.43. The van der Waals surface area contributed by atoms with Crippen LogP contribution in [-0.2, 0) is 4.79 Å². The predicted octanol–water partition coefficient (Wildman–Crippen LogP) is 1.36. The molecular weight excluding hydrogens is 216 g/mol. The largest absolute Gasteiger partial charge is 0.482 e. The standard InChI is InChI=1S/C13H18N2O2/c1-9(7-14-2)10-4-5-12-11(6-10)15(3)13(16)8-17-12/h4-6,9,14H,7-8H2,1-3H3. The Hall–Kier alpha value is -1.55. The Bertz CT molecular complexity index is 431. The van der Waals surface area contributed by atoms with Crippen LogP contribution in [0.5, 0.6) is 5.75 Å². The van der Waals surface area contributed by atoms with Crippen LogP contribution in [0, 0.1) is 0 Å². The van der Waals surface area contributed by atoms with Crippen molar-refractivity contribution in [3.05, 3.63) is 23.8 Å². The molecule has 0 saturated carbocycles. The van der Waals surface area contributed by atoms with E-state index in [-0.39, 0.29) is 12.5 Å². The van der Waals surface area contributed by atoms with Gasteiger partial charge in [0.15, 0.2) is 6.61 Å². The third-order valence-corrected chi connectivity index (χ3v) is 3.15. The molecule has 92 valence electrons. The van der Waals surface area contributed by atoms with Crippen LogP contribution >= 0.6 is 0 Å². The lowest BCUT2D eigenvalue weighted by Gasteiger charge is -2.27. The molecule has 0 radical (unpaired) electrons. The zero-order valence-electron chi connectivity index (χ0n) is 10.5. The number of rotatable bonds is 3. The summed E-state index contributed by atoms with van der Waals surface area (Å²) in [6.45, 7) is 3.20. The van der Waals surface area contributed by atoms with E-state index >= 15 is 0 Å². The molecule has 0 bridgehead atoms. The summed E-state index contributed by atoms with van der Waals surface area (Å²) in [6.07, 6.45) is 0. The average Bonchev–Trinajstić information content (AvgIpc) is 2.34. The summed E-state index contributed by atoms with van der Waals surface area (Å²) in [5.41, 5.74) is 2.07. The van der Waals surface area contributed by atoms with E-state index < -0.39 is 0 Å². The normalized spacial score (nSPS) is 16.4. The number of amides is 1. The number of hydrogen-bond acceptors (Lipinski definition) is 3. The number of ether oxygens (including phenoxy) is 1. The molecular formula is C13H18N2O2. The van der Waals surface area contributed by atoms with Gasteiger partial charge in [-0.2, -0.15) is 0 Å². The number of likely N-dealkylation sites (N-methyl/N-ethyl adjacent to an activating group) is 2. The second kappa shape index (κ2) is 4.75. The topological polar surface area (TPSA) is 41.6 Å². The minimum atomic E-state index is -0.00378. The Kier molecular flexibility index (Phi) is 3.33. The highest BCUT2D eigenvalue weighted by molar-refractivity contribution is 5.97. The quantitative estimate of drug-likeness (QED) is 0.858. The Morgan fingerprint density at radius 1 is 1.53 bits per heavy atom. The molecule has 0 saturated heterocycles. The van der Waals surface area contributed by atoms with Crippen molar-refractivity contribution in [3.63, 3.8) is 0 Å². The predicted molar refractivity (Wildman–Crippen MR) is 67.7 cm³/mol. The third-order valence-electron chi connectivity index (χ3n) is 3.15. The van der Waals surface area contributed by atoms with Crippen LogP contribution in [0.1, 0.15) is 18.4 Å². The van der Waals surface area contributed by atoms with Gasteiger partial charge < -0.3 is 15.0 Å². The van der Waals surface area contributed by atoms with Gasteiger partial charge in [0.25, 0.3) is 5.91 Å². The first-order valence-corrected chi connectivity index (χ1v) is 5.81. The van der Waals surface area contributed by atoms with Crippen molar-refractivity contribution in [1.82, 2.24) is 5.32 Å². The molecule has 4 nitrogen and oxygen atoms in total. The van der Waals surface area contributed by atoms with Gasteiger partial charge in [-0.15, -0.1) is 0 Å². The van der Waals surface area contributed by atoms with Crippen LogP contribution in [-0.4, -0.2) is 33.2 Å². The maximum absolute atomic E-state index is 11.6. The molecule has 17 heavy (non-hydrogen) atoms. The number of anilines is 1. The number of hydrogen-bond donors (Lipinski definition) is 1. The molecule has 1 aromatic rings. The summed E-state index contributed by atoms with van der Waals surface area (Å²) in [7, 11) is 3.73. The third kappa shape index (κ3) is 2.26. The number of carbonyl (C=O) groups excluding carboxylic acids is 1. The summed E-state index contributed by atoms with van der Waals surface area (Å²) in [5, 5.41) is 3.15. The smallest absolute Gasteiger partial charge is 0.264 e. The van der Waals surface area contributed by atoms with E-state index in [4.69, 9.17) is 4.74 Å². The Balaban J connectivity index is 2.32. The number of carbonyl (C=O) groups is 1. The zero-order valence-corrected chi connectivity index (χ0v) is 10.5. The summed E-state index contributed by atoms with van der Waals surface area (Å²) < 4.78 is 5.39. The van der Waals surface area contributed by atoms with Crippen LogP contribution in [0.25, 0.3) is 0 Å². The highest BCUT2D eigenvalue weighted by Crippen LogP contribution is 2.33. The molecule has 1 unspecified atom stereocenters. The van der Waals surface area contributed by atoms with Gasteiger partial charge in [0.1, 0.15) is 5.75 Å². The molecule has 0 fully saturated rings. The van der Waals surface area contributed by atoms with E-state index in [0.29, 0.717) is 5.92 Å². The first kappa shape index (κ1) is 11.9. The monoisotopic (exact) mass is 234 g/mol. The zero-order chi connectivity index (χ0) is 12.4. The van der Waals surface area contributed by atoms with Crippen molar-refractivity contribution in [2.45, 2.75) is 12.8 Å². The second-order valence-electron chi connectivity index (χ2n) is 4.43. The summed E-state index contributed by atoms with van der Waals surface area (Å²) >= 11 is 0. The molecule has 1 aromatic carbocycles. The number of fused-ring (bicyclic) bond motifs is 1. The molecule has 1 amide bonds. The number of nitrogens with one attached hydrogen (secondary N) is 1. The van der Waals surface area contributed by atoms with Crippen molar-refractivity contribution in [2.75, 3.05) is 32.1 Å². The van der Waals surface area contributed by atoms with Crippen molar-refractivity contribution < 1.29 is 9.53 Å². The van der Waals surface area contributed by atoms with Gasteiger partial charge in [-0.3, -0.25) is 4.79 Å². The molecule has 1 aliphatic rings. The van der Waals surface area contributed by atoms with Gasteiger partial charge in [-0.1, -0.05) is 13.0 Å². The van der Waals surface area contributed by atoms with Crippen molar-refractivity contribution >= 4 is 11.6 Å². The molecule has 4 heteroatoms. The summed E-state index contributed by atoms with van der Waals surface area (Å²) in [6, 6.07) is 6.04. The molecule has 0 aromatic heterocycles. The summed E-state index contributed by atoms with van der Waals surface area (Å²) in [5.74, 6) is 1.19. The van der Waals surface area contributed by atoms with Crippen molar-refractivity contribution in [2.24, 2.45) is 0 Å². The van der Waals surface area contributed by atoms with E-state index in [0.717, 1.165) is 18.0 Å². The lowest BCUT2D eigenvalue weighted by atomic mass is 10.00. The van der Waals surface area contributed by atoms with Crippen molar-refractivity contribution in [3.8, 4) is 5.75 Å². The van der Waals surface area contributed by atoms with E-state index in [2.05, 4.69) is 18.3 Å². The minimum Gasteiger partial charge on any atom is -0.482 e. The molecule has 1 atom stereocenters. The highest BCUT2D eigenvalue weighted by Gasteiger charge is 2.22. The maximum atomic E-state index is 11.6. The van der Waals surface area contributed by atoms with Crippen LogP contribution in [0.15, 0.2) is 18.2 Å². The Morgan fingerprint density at radius 3 is 3.00 bits per heavy atom. The molecule has 0 aliphatic carbocycles. The van der Waals surface area contributed by atoms with Gasteiger partial charge in [0, 0.05) is 13.6 Å². The Morgan fingerprint density at radius 2 is 2.29 bits per heavy atom. The summed E-state index contributed by atoms with van der Waals surface area (Å²) in [4.78, 5) is 13.2. The lowest BCUT2D eigenvalue weighted by Crippen LogP contribution is -2.35. The van der Waals surface area contributed by atoms with Gasteiger partial charge in [-0.05, 0) is 30.7 Å². The first-order valence-electron chi connectivity index (χ1n) is 5.81. The minimum absolute atomic E-state index is 0.00378. The molecule has 2 rings (SSSR count). The lowest BCUT2D eigenvalue weighted by molar-refractivity contribution is -0.120. The van der Waals surface area contributed by atoms with Gasteiger partial charge in [0.2, 0.25) is 0 Å². The van der Waals surface area contributed by atoms with Crippen LogP contribution in [0.3, 0.4) is 0 Å². The van der Waals surface area contributed by atoms with E-state index in [1.165, 1.54) is 5.56 Å². The van der Waals surface area contributed by atoms with Crippen LogP contribution < -0.4 is 15.0 Å². The Labute approximate surface area is 102 Å². The number of benzene rings is 1. The van der Waals surface area contributed by atoms with Crippen molar-refractivity contribution in [1.29, 1.82) is 0 Å². The molecule has 1 aliphatic heterocycles. The number of nitrogens with zero attached hydrogens (tertiary/aromatic N) is 1. The van der Waals surface area contributed by atoms with E-state index in [1.807, 2.05) is 19.2 Å². The fourth-order valence-corrected chi connectivity index (χ4v) is 2.02. The SMILES string of the molecule is CNCC(C)c1ccc2c(c1)N(C)C(=O)CO2. The van der Waals surface area contributed by atoms with Gasteiger partial charge in [0.05, 0.1) is 5.69 Å².